The summed E-state index contributed by atoms with van der Waals surface area (Å²) in [4.78, 5) is 11.1. The fourth-order valence-electron chi connectivity index (χ4n) is 1.24. The predicted molar refractivity (Wildman–Crippen MR) is 63.2 cm³/mol. The monoisotopic (exact) mass is 244 g/mol. The highest BCUT2D eigenvalue weighted by Gasteiger charge is 2.05. The molecular weight excluding hydrogens is 231 g/mol. The predicted octanol–water partition coefficient (Wildman–Crippen LogP) is 2.42. The normalized spacial score (nSPS) is 9.94. The van der Waals surface area contributed by atoms with Crippen LogP contribution in [0.1, 0.15) is 13.3 Å². The van der Waals surface area contributed by atoms with Crippen molar-refractivity contribution in [2.75, 3.05) is 18.4 Å². The van der Waals surface area contributed by atoms with Crippen LogP contribution in [0.3, 0.4) is 0 Å². The second-order valence-electron chi connectivity index (χ2n) is 3.23. The van der Waals surface area contributed by atoms with Gasteiger partial charge >= 0.3 is 0 Å². The molecule has 2 N–H and O–H groups in total. The summed E-state index contributed by atoms with van der Waals surface area (Å²) in [7, 11) is 0. The number of anilines is 1. The molecule has 1 rings (SSSR count). The van der Waals surface area contributed by atoms with E-state index in [-0.39, 0.29) is 10.9 Å². The van der Waals surface area contributed by atoms with E-state index < -0.39 is 5.82 Å². The molecule has 0 unspecified atom stereocenters. The number of benzene rings is 1. The summed E-state index contributed by atoms with van der Waals surface area (Å²) in [5, 5.41) is 5.55. The van der Waals surface area contributed by atoms with E-state index in [1.54, 1.807) is 12.1 Å². The van der Waals surface area contributed by atoms with Crippen molar-refractivity contribution in [3.05, 3.63) is 29.0 Å². The molecule has 3 nitrogen and oxygen atoms in total. The van der Waals surface area contributed by atoms with Crippen molar-refractivity contribution < 1.29 is 9.18 Å². The van der Waals surface area contributed by atoms with E-state index in [0.717, 1.165) is 0 Å². The van der Waals surface area contributed by atoms with Crippen LogP contribution in [-0.4, -0.2) is 19.0 Å². The maximum atomic E-state index is 13.4. The Bertz CT molecular complexity index is 371. The van der Waals surface area contributed by atoms with Gasteiger partial charge in [0, 0.05) is 19.5 Å². The van der Waals surface area contributed by atoms with E-state index in [1.165, 1.54) is 6.07 Å². The Morgan fingerprint density at radius 3 is 2.94 bits per heavy atom. The molecule has 88 valence electrons. The molecule has 1 aromatic carbocycles. The van der Waals surface area contributed by atoms with Crippen LogP contribution in [0.15, 0.2) is 18.2 Å². The van der Waals surface area contributed by atoms with Gasteiger partial charge in [0.05, 0.1) is 10.7 Å². The van der Waals surface area contributed by atoms with Gasteiger partial charge in [-0.25, -0.2) is 4.39 Å². The smallest absolute Gasteiger partial charge is 0.221 e. The van der Waals surface area contributed by atoms with E-state index in [0.29, 0.717) is 25.2 Å². The van der Waals surface area contributed by atoms with Crippen molar-refractivity contribution in [3.8, 4) is 0 Å². The molecule has 0 atom stereocenters. The van der Waals surface area contributed by atoms with Crippen LogP contribution in [0, 0.1) is 5.82 Å². The number of nitrogens with one attached hydrogen (secondary N) is 2. The molecule has 0 heterocycles. The molecule has 0 fully saturated rings. The minimum atomic E-state index is -0.486. The zero-order valence-corrected chi connectivity index (χ0v) is 9.77. The Balaban J connectivity index is 2.43. The summed E-state index contributed by atoms with van der Waals surface area (Å²) >= 11 is 5.61. The molecule has 0 saturated carbocycles. The first-order valence-electron chi connectivity index (χ1n) is 5.09. The number of carbonyl (C=O) groups excluding carboxylic acids is 1. The first-order chi connectivity index (χ1) is 7.65. The van der Waals surface area contributed by atoms with Crippen molar-refractivity contribution in [1.82, 2.24) is 5.32 Å². The molecule has 0 radical (unpaired) electrons. The van der Waals surface area contributed by atoms with E-state index in [1.807, 2.05) is 6.92 Å². The molecule has 1 aromatic rings. The quantitative estimate of drug-likeness (QED) is 0.835. The van der Waals surface area contributed by atoms with Gasteiger partial charge in [0.25, 0.3) is 0 Å². The standard InChI is InChI=1S/C11H14ClFN2O/c1-2-14-10(16)6-7-15-9-5-3-4-8(12)11(9)13/h3-5,15H,2,6-7H2,1H3,(H,14,16). The summed E-state index contributed by atoms with van der Waals surface area (Å²) in [5.41, 5.74) is 0.316. The maximum absolute atomic E-state index is 13.4. The molecule has 16 heavy (non-hydrogen) atoms. The summed E-state index contributed by atoms with van der Waals surface area (Å²) in [6, 6.07) is 4.71. The Kier molecular flexibility index (Phi) is 5.05. The van der Waals surface area contributed by atoms with Gasteiger partial charge in [-0.05, 0) is 19.1 Å². The molecule has 0 bridgehead atoms. The van der Waals surface area contributed by atoms with Crippen molar-refractivity contribution in [1.29, 1.82) is 0 Å². The first kappa shape index (κ1) is 12.8. The van der Waals surface area contributed by atoms with Gasteiger partial charge in [-0.15, -0.1) is 0 Å². The highest BCUT2D eigenvalue weighted by Crippen LogP contribution is 2.21. The zero-order chi connectivity index (χ0) is 12.0. The van der Waals surface area contributed by atoms with Crippen molar-refractivity contribution >= 4 is 23.2 Å². The summed E-state index contributed by atoms with van der Waals surface area (Å²) < 4.78 is 13.4. The molecule has 0 aliphatic rings. The number of hydrogen-bond acceptors (Lipinski definition) is 2. The fraction of sp³-hybridized carbons (Fsp3) is 0.364. The largest absolute Gasteiger partial charge is 0.382 e. The van der Waals surface area contributed by atoms with Gasteiger partial charge in [-0.2, -0.15) is 0 Å². The van der Waals surface area contributed by atoms with Crippen molar-refractivity contribution in [2.45, 2.75) is 13.3 Å². The van der Waals surface area contributed by atoms with Crippen LogP contribution >= 0.6 is 11.6 Å². The highest BCUT2D eigenvalue weighted by molar-refractivity contribution is 6.31. The lowest BCUT2D eigenvalue weighted by molar-refractivity contribution is -0.120. The molecule has 0 aromatic heterocycles. The third-order valence-corrected chi connectivity index (χ3v) is 2.28. The molecule has 0 aliphatic carbocycles. The fourth-order valence-corrected chi connectivity index (χ4v) is 1.41. The van der Waals surface area contributed by atoms with Crippen LogP contribution in [0.25, 0.3) is 0 Å². The Morgan fingerprint density at radius 1 is 1.50 bits per heavy atom. The topological polar surface area (TPSA) is 41.1 Å². The average Bonchev–Trinajstić information content (AvgIpc) is 2.25. The lowest BCUT2D eigenvalue weighted by Gasteiger charge is -2.08. The van der Waals surface area contributed by atoms with Gasteiger partial charge < -0.3 is 10.6 Å². The zero-order valence-electron chi connectivity index (χ0n) is 9.02. The van der Waals surface area contributed by atoms with Crippen LogP contribution in [0.2, 0.25) is 5.02 Å². The average molecular weight is 245 g/mol. The SMILES string of the molecule is CCNC(=O)CCNc1cccc(Cl)c1F. The number of amides is 1. The lowest BCUT2D eigenvalue weighted by atomic mass is 10.3. The van der Waals surface area contributed by atoms with Crippen molar-refractivity contribution in [2.24, 2.45) is 0 Å². The number of halogens is 2. The van der Waals surface area contributed by atoms with Crippen LogP contribution in [0.5, 0.6) is 0 Å². The molecule has 0 saturated heterocycles. The Morgan fingerprint density at radius 2 is 2.25 bits per heavy atom. The van der Waals surface area contributed by atoms with Gasteiger partial charge in [-0.3, -0.25) is 4.79 Å². The second-order valence-corrected chi connectivity index (χ2v) is 3.64. The van der Waals surface area contributed by atoms with Crippen LogP contribution in [0.4, 0.5) is 10.1 Å². The highest BCUT2D eigenvalue weighted by atomic mass is 35.5. The van der Waals surface area contributed by atoms with E-state index in [2.05, 4.69) is 10.6 Å². The molecule has 5 heteroatoms. The molecule has 1 amide bonds. The van der Waals surface area contributed by atoms with Gasteiger partial charge in [0.1, 0.15) is 0 Å². The third kappa shape index (κ3) is 3.70. The molecular formula is C11H14ClFN2O. The Hall–Kier alpha value is -1.29. The third-order valence-electron chi connectivity index (χ3n) is 1.99. The molecule has 0 aliphatic heterocycles. The summed E-state index contributed by atoms with van der Waals surface area (Å²) in [5.74, 6) is -0.544. The molecule has 0 spiro atoms. The van der Waals surface area contributed by atoms with E-state index in [9.17, 15) is 9.18 Å². The number of carbonyl (C=O) groups is 1. The maximum Gasteiger partial charge on any atom is 0.221 e. The van der Waals surface area contributed by atoms with Crippen LogP contribution in [-0.2, 0) is 4.79 Å². The second kappa shape index (κ2) is 6.33. The van der Waals surface area contributed by atoms with Gasteiger partial charge in [0.15, 0.2) is 5.82 Å². The minimum Gasteiger partial charge on any atom is -0.382 e. The van der Waals surface area contributed by atoms with Gasteiger partial charge in [0.2, 0.25) is 5.91 Å². The number of rotatable bonds is 5. The lowest BCUT2D eigenvalue weighted by Crippen LogP contribution is -2.24. The van der Waals surface area contributed by atoms with Crippen molar-refractivity contribution in [3.63, 3.8) is 0 Å². The van der Waals surface area contributed by atoms with Gasteiger partial charge in [-0.1, -0.05) is 17.7 Å². The first-order valence-corrected chi connectivity index (χ1v) is 5.47. The Labute approximate surface area is 99.0 Å². The van der Waals surface area contributed by atoms with E-state index in [4.69, 9.17) is 11.6 Å². The summed E-state index contributed by atoms with van der Waals surface area (Å²) in [6.45, 7) is 2.83. The van der Waals surface area contributed by atoms with Crippen LogP contribution < -0.4 is 10.6 Å². The van der Waals surface area contributed by atoms with E-state index >= 15 is 0 Å². The minimum absolute atomic E-state index is 0.0579. The number of hydrogen-bond donors (Lipinski definition) is 2. The summed E-state index contributed by atoms with van der Waals surface area (Å²) in [6.07, 6.45) is 0.305.